The van der Waals surface area contributed by atoms with E-state index in [0.29, 0.717) is 0 Å². The molecule has 0 aliphatic heterocycles. The maximum atomic E-state index is 11.1. The third kappa shape index (κ3) is 3.07. The summed E-state index contributed by atoms with van der Waals surface area (Å²) >= 11 is 0. The highest BCUT2D eigenvalue weighted by molar-refractivity contribution is 8.13. The van der Waals surface area contributed by atoms with Crippen molar-refractivity contribution in [2.75, 3.05) is 6.61 Å². The molecule has 8 heteroatoms. The Hall–Kier alpha value is -1.34. The summed E-state index contributed by atoms with van der Waals surface area (Å²) in [6, 6.07) is 3.15. The molecule has 0 aliphatic carbocycles. The van der Waals surface area contributed by atoms with Crippen LogP contribution >= 0.6 is 10.7 Å². The van der Waals surface area contributed by atoms with Crippen LogP contribution in [0.5, 0.6) is 5.75 Å². The highest BCUT2D eigenvalue weighted by atomic mass is 35.7. The molecule has 0 unspecified atom stereocenters. The van der Waals surface area contributed by atoms with Crippen LogP contribution in [0.1, 0.15) is 6.92 Å². The van der Waals surface area contributed by atoms with Gasteiger partial charge in [0.2, 0.25) is 0 Å². The first kappa shape index (κ1) is 12.7. The van der Waals surface area contributed by atoms with Gasteiger partial charge in [-0.1, -0.05) is 0 Å². The molecule has 0 saturated heterocycles. The Morgan fingerprint density at radius 2 is 2.06 bits per heavy atom. The van der Waals surface area contributed by atoms with Crippen LogP contribution in [-0.2, 0) is 9.05 Å². The van der Waals surface area contributed by atoms with Crippen molar-refractivity contribution < 1.29 is 18.1 Å². The van der Waals surface area contributed by atoms with Crippen LogP contribution in [-0.4, -0.2) is 19.9 Å². The zero-order chi connectivity index (χ0) is 12.3. The quantitative estimate of drug-likeness (QED) is 0.471. The second-order valence-electron chi connectivity index (χ2n) is 2.79. The largest absolute Gasteiger partial charge is 0.494 e. The molecular weight excluding hydrogens is 258 g/mol. The molecule has 1 aromatic carbocycles. The molecule has 0 bridgehead atoms. The van der Waals surface area contributed by atoms with E-state index < -0.39 is 14.0 Å². The van der Waals surface area contributed by atoms with Crippen molar-refractivity contribution in [3.8, 4) is 5.75 Å². The summed E-state index contributed by atoms with van der Waals surface area (Å²) in [5, 5.41) is 10.5. The molecule has 0 radical (unpaired) electrons. The number of rotatable bonds is 4. The van der Waals surface area contributed by atoms with Crippen LogP contribution in [0.25, 0.3) is 0 Å². The van der Waals surface area contributed by atoms with Crippen molar-refractivity contribution in [1.82, 2.24) is 0 Å². The molecule has 0 aromatic heterocycles. The maximum absolute atomic E-state index is 11.1. The molecule has 6 nitrogen and oxygen atoms in total. The van der Waals surface area contributed by atoms with E-state index in [1.165, 1.54) is 0 Å². The Bertz CT molecular complexity index is 513. The number of hydrogen-bond donors (Lipinski definition) is 0. The summed E-state index contributed by atoms with van der Waals surface area (Å²) in [4.78, 5) is 9.48. The average molecular weight is 266 g/mol. The van der Waals surface area contributed by atoms with Crippen molar-refractivity contribution in [2.24, 2.45) is 0 Å². The molecule has 0 atom stereocenters. The van der Waals surface area contributed by atoms with Crippen LogP contribution in [0.4, 0.5) is 5.69 Å². The lowest BCUT2D eigenvalue weighted by Crippen LogP contribution is -1.98. The van der Waals surface area contributed by atoms with Gasteiger partial charge in [0.15, 0.2) is 0 Å². The fourth-order valence-electron chi connectivity index (χ4n) is 1.05. The van der Waals surface area contributed by atoms with E-state index in [4.69, 9.17) is 15.4 Å². The zero-order valence-electron chi connectivity index (χ0n) is 8.21. The topological polar surface area (TPSA) is 86.5 Å². The number of nitrogens with zero attached hydrogens (tertiary/aromatic N) is 1. The van der Waals surface area contributed by atoms with E-state index >= 15 is 0 Å². The van der Waals surface area contributed by atoms with E-state index in [0.717, 1.165) is 18.2 Å². The van der Waals surface area contributed by atoms with Gasteiger partial charge in [-0.15, -0.1) is 0 Å². The van der Waals surface area contributed by atoms with Crippen LogP contribution in [0.2, 0.25) is 0 Å². The van der Waals surface area contributed by atoms with Crippen LogP contribution in [0, 0.1) is 10.1 Å². The summed E-state index contributed by atoms with van der Waals surface area (Å²) in [5.74, 6) is 0.0934. The molecule has 0 amide bonds. The van der Waals surface area contributed by atoms with E-state index in [9.17, 15) is 18.5 Å². The minimum atomic E-state index is -4.01. The summed E-state index contributed by atoms with van der Waals surface area (Å²) in [6.45, 7) is 1.94. The lowest BCUT2D eigenvalue weighted by molar-refractivity contribution is -0.385. The molecule has 1 aromatic rings. The molecule has 0 N–H and O–H groups in total. The van der Waals surface area contributed by atoms with E-state index in [1.54, 1.807) is 6.92 Å². The Kier molecular flexibility index (Phi) is 3.71. The average Bonchev–Trinajstić information content (AvgIpc) is 2.16. The highest BCUT2D eigenvalue weighted by Crippen LogP contribution is 2.27. The first-order valence-corrected chi connectivity index (χ1v) is 6.52. The van der Waals surface area contributed by atoms with Gasteiger partial charge < -0.3 is 4.74 Å². The first-order valence-electron chi connectivity index (χ1n) is 4.21. The highest BCUT2D eigenvalue weighted by Gasteiger charge is 2.17. The van der Waals surface area contributed by atoms with E-state index in [2.05, 4.69) is 0 Å². The van der Waals surface area contributed by atoms with Gasteiger partial charge in [0.05, 0.1) is 22.5 Å². The number of hydrogen-bond acceptors (Lipinski definition) is 5. The van der Waals surface area contributed by atoms with Crippen molar-refractivity contribution in [1.29, 1.82) is 0 Å². The predicted octanol–water partition coefficient (Wildman–Crippen LogP) is 1.92. The summed E-state index contributed by atoms with van der Waals surface area (Å²) in [7, 11) is 1.09. The number of non-ortho nitro benzene ring substituents is 1. The second-order valence-corrected chi connectivity index (χ2v) is 5.36. The van der Waals surface area contributed by atoms with Crippen molar-refractivity contribution in [3.63, 3.8) is 0 Å². The lowest BCUT2D eigenvalue weighted by atomic mass is 10.3. The van der Waals surface area contributed by atoms with Crippen molar-refractivity contribution in [2.45, 2.75) is 11.8 Å². The van der Waals surface area contributed by atoms with Gasteiger partial charge in [0, 0.05) is 22.8 Å². The van der Waals surface area contributed by atoms with Gasteiger partial charge in [-0.05, 0) is 6.92 Å². The second kappa shape index (κ2) is 4.67. The number of nitro groups is 1. The monoisotopic (exact) mass is 265 g/mol. The smallest absolute Gasteiger partial charge is 0.274 e. The van der Waals surface area contributed by atoms with E-state index in [-0.39, 0.29) is 22.9 Å². The normalized spacial score (nSPS) is 11.1. The molecule has 0 saturated carbocycles. The zero-order valence-corrected chi connectivity index (χ0v) is 9.79. The Labute approximate surface area is 96.4 Å². The van der Waals surface area contributed by atoms with Gasteiger partial charge in [-0.25, -0.2) is 8.42 Å². The van der Waals surface area contributed by atoms with Crippen molar-refractivity contribution >= 4 is 25.4 Å². The Morgan fingerprint density at radius 3 is 2.50 bits per heavy atom. The fraction of sp³-hybridized carbons (Fsp3) is 0.250. The Balaban J connectivity index is 3.35. The molecular formula is C8H8ClNO5S. The molecule has 0 heterocycles. The summed E-state index contributed by atoms with van der Waals surface area (Å²) in [6.07, 6.45) is 0. The van der Waals surface area contributed by atoms with Gasteiger partial charge in [0.25, 0.3) is 14.7 Å². The maximum Gasteiger partial charge on any atom is 0.274 e. The standard InChI is InChI=1S/C8H8ClNO5S/c1-2-15-7-3-6(10(11)12)4-8(5-7)16(9,13)14/h3-5H,2H2,1H3. The first-order chi connectivity index (χ1) is 7.34. The number of halogens is 1. The minimum Gasteiger partial charge on any atom is -0.494 e. The molecule has 1 rings (SSSR count). The van der Waals surface area contributed by atoms with Crippen LogP contribution in [0.15, 0.2) is 23.1 Å². The fourth-order valence-corrected chi connectivity index (χ4v) is 1.84. The molecule has 0 fully saturated rings. The molecule has 16 heavy (non-hydrogen) atoms. The SMILES string of the molecule is CCOc1cc([N+](=O)[O-])cc(S(=O)(=O)Cl)c1. The Morgan fingerprint density at radius 1 is 1.44 bits per heavy atom. The molecule has 0 aliphatic rings. The van der Waals surface area contributed by atoms with Gasteiger partial charge in [-0.3, -0.25) is 10.1 Å². The molecule has 0 spiro atoms. The van der Waals surface area contributed by atoms with E-state index in [1.807, 2.05) is 0 Å². The third-order valence-corrected chi connectivity index (χ3v) is 3.00. The lowest BCUT2D eigenvalue weighted by Gasteiger charge is -2.04. The van der Waals surface area contributed by atoms with Gasteiger partial charge >= 0.3 is 0 Å². The minimum absolute atomic E-state index is 0.0934. The van der Waals surface area contributed by atoms with Gasteiger partial charge in [0.1, 0.15) is 5.75 Å². The molecule has 88 valence electrons. The van der Waals surface area contributed by atoms with Crippen molar-refractivity contribution in [3.05, 3.63) is 28.3 Å². The van der Waals surface area contributed by atoms with Crippen LogP contribution in [0.3, 0.4) is 0 Å². The van der Waals surface area contributed by atoms with Gasteiger partial charge in [-0.2, -0.15) is 0 Å². The number of nitro benzene ring substituents is 1. The number of benzene rings is 1. The summed E-state index contributed by atoms with van der Waals surface area (Å²) < 4.78 is 27.1. The number of ether oxygens (including phenoxy) is 1. The predicted molar refractivity (Wildman–Crippen MR) is 57.3 cm³/mol. The third-order valence-electron chi connectivity index (χ3n) is 1.67. The van der Waals surface area contributed by atoms with Crippen LogP contribution < -0.4 is 4.74 Å². The summed E-state index contributed by atoms with van der Waals surface area (Å²) in [5.41, 5.74) is -0.384.